The summed E-state index contributed by atoms with van der Waals surface area (Å²) in [4.78, 5) is 14.6. The van der Waals surface area contributed by atoms with Crippen molar-refractivity contribution in [2.75, 3.05) is 25.9 Å². The minimum absolute atomic E-state index is 0.0277. The first-order chi connectivity index (χ1) is 8.97. The number of nitrogen functional groups attached to an aromatic ring is 1. The van der Waals surface area contributed by atoms with Crippen LogP contribution in [0.15, 0.2) is 16.6 Å². The number of rotatable bonds is 2. The lowest BCUT2D eigenvalue weighted by Crippen LogP contribution is -2.43. The second-order valence-corrected chi connectivity index (χ2v) is 6.13. The first-order valence-corrected chi connectivity index (χ1v) is 7.31. The van der Waals surface area contributed by atoms with E-state index in [1.54, 1.807) is 0 Å². The van der Waals surface area contributed by atoms with Crippen molar-refractivity contribution in [2.45, 2.75) is 25.8 Å². The summed E-state index contributed by atoms with van der Waals surface area (Å²) in [5.41, 5.74) is 8.04. The molecular formula is C14H20BrN3O. The first kappa shape index (κ1) is 14.3. The highest BCUT2D eigenvalue weighted by Gasteiger charge is 2.20. The molecule has 1 heterocycles. The molecule has 5 heteroatoms. The summed E-state index contributed by atoms with van der Waals surface area (Å²) >= 11 is 3.38. The summed E-state index contributed by atoms with van der Waals surface area (Å²) < 4.78 is 0.837. The molecule has 0 unspecified atom stereocenters. The predicted octanol–water partition coefficient (Wildman–Crippen LogP) is 2.16. The average molecular weight is 326 g/mol. The average Bonchev–Trinajstić information content (AvgIpc) is 2.36. The minimum Gasteiger partial charge on any atom is -0.398 e. The molecule has 19 heavy (non-hydrogen) atoms. The molecule has 4 nitrogen and oxygen atoms in total. The zero-order chi connectivity index (χ0) is 14.0. The van der Waals surface area contributed by atoms with Crippen LogP contribution in [0.1, 0.15) is 28.8 Å². The topological polar surface area (TPSA) is 58.4 Å². The van der Waals surface area contributed by atoms with Crippen LogP contribution in [0.3, 0.4) is 0 Å². The summed E-state index contributed by atoms with van der Waals surface area (Å²) in [6.45, 7) is 3.94. The molecular weight excluding hydrogens is 306 g/mol. The van der Waals surface area contributed by atoms with E-state index in [0.29, 0.717) is 11.3 Å². The zero-order valence-electron chi connectivity index (χ0n) is 11.4. The second kappa shape index (κ2) is 5.92. The van der Waals surface area contributed by atoms with Gasteiger partial charge < -0.3 is 16.0 Å². The van der Waals surface area contributed by atoms with E-state index < -0.39 is 0 Å². The maximum Gasteiger partial charge on any atom is 0.251 e. The van der Waals surface area contributed by atoms with Crippen LogP contribution in [0.5, 0.6) is 0 Å². The van der Waals surface area contributed by atoms with Crippen LogP contribution in [-0.2, 0) is 0 Å². The maximum atomic E-state index is 12.3. The van der Waals surface area contributed by atoms with E-state index in [9.17, 15) is 4.79 Å². The van der Waals surface area contributed by atoms with Crippen molar-refractivity contribution in [2.24, 2.45) is 0 Å². The number of anilines is 1. The number of benzene rings is 1. The Bertz CT molecular complexity index is 482. The number of hydrogen-bond acceptors (Lipinski definition) is 3. The number of hydrogen-bond donors (Lipinski definition) is 2. The molecule has 0 aliphatic carbocycles. The molecule has 1 fully saturated rings. The minimum atomic E-state index is -0.0277. The number of carbonyl (C=O) groups excluding carboxylic acids is 1. The standard InChI is InChI=1S/C14H20BrN3O/c1-9-12(7-10(15)8-13(9)16)14(19)17-11-3-5-18(2)6-4-11/h7-8,11H,3-6,16H2,1-2H3,(H,17,19). The molecule has 3 N–H and O–H groups in total. The zero-order valence-corrected chi connectivity index (χ0v) is 13.0. The Hall–Kier alpha value is -1.07. The lowest BCUT2D eigenvalue weighted by atomic mass is 10.0. The normalized spacial score (nSPS) is 17.4. The molecule has 0 bridgehead atoms. The molecule has 0 atom stereocenters. The fourth-order valence-electron chi connectivity index (χ4n) is 2.35. The molecule has 0 radical (unpaired) electrons. The van der Waals surface area contributed by atoms with Crippen LogP contribution in [0.4, 0.5) is 5.69 Å². The van der Waals surface area contributed by atoms with Crippen LogP contribution in [0.2, 0.25) is 0 Å². The van der Waals surface area contributed by atoms with E-state index in [0.717, 1.165) is 36.0 Å². The van der Waals surface area contributed by atoms with Crippen LogP contribution < -0.4 is 11.1 Å². The molecule has 0 saturated carbocycles. The quantitative estimate of drug-likeness (QED) is 0.819. The summed E-state index contributed by atoms with van der Waals surface area (Å²) in [5, 5.41) is 3.11. The van der Waals surface area contributed by atoms with E-state index in [1.165, 1.54) is 0 Å². The molecule has 1 aliphatic heterocycles. The largest absolute Gasteiger partial charge is 0.398 e. The van der Waals surface area contributed by atoms with Crippen molar-refractivity contribution in [3.8, 4) is 0 Å². The molecule has 104 valence electrons. The molecule has 1 amide bonds. The fourth-order valence-corrected chi connectivity index (χ4v) is 2.83. The van der Waals surface area contributed by atoms with Crippen LogP contribution >= 0.6 is 15.9 Å². The highest BCUT2D eigenvalue weighted by atomic mass is 79.9. The first-order valence-electron chi connectivity index (χ1n) is 6.52. The van der Waals surface area contributed by atoms with Crippen molar-refractivity contribution < 1.29 is 4.79 Å². The number of carbonyl (C=O) groups is 1. The Morgan fingerprint density at radius 2 is 2.05 bits per heavy atom. The Kier molecular flexibility index (Phi) is 4.47. The highest BCUT2D eigenvalue weighted by Crippen LogP contribution is 2.23. The van der Waals surface area contributed by atoms with Gasteiger partial charge in [-0.15, -0.1) is 0 Å². The monoisotopic (exact) mass is 325 g/mol. The third-order valence-electron chi connectivity index (χ3n) is 3.71. The van der Waals surface area contributed by atoms with Crippen LogP contribution in [0, 0.1) is 6.92 Å². The van der Waals surface area contributed by atoms with Gasteiger partial charge in [-0.3, -0.25) is 4.79 Å². The number of likely N-dealkylation sites (tertiary alicyclic amines) is 1. The lowest BCUT2D eigenvalue weighted by molar-refractivity contribution is 0.0916. The fraction of sp³-hybridized carbons (Fsp3) is 0.500. The van der Waals surface area contributed by atoms with E-state index in [2.05, 4.69) is 33.2 Å². The third kappa shape index (κ3) is 3.48. The van der Waals surface area contributed by atoms with Gasteiger partial charge in [0.2, 0.25) is 0 Å². The van der Waals surface area contributed by atoms with Gasteiger partial charge in [-0.1, -0.05) is 15.9 Å². The summed E-state index contributed by atoms with van der Waals surface area (Å²) in [5.74, 6) is -0.0277. The molecule has 0 spiro atoms. The molecule has 1 saturated heterocycles. The SMILES string of the molecule is Cc1c(N)cc(Br)cc1C(=O)NC1CCN(C)CC1. The van der Waals surface area contributed by atoms with Gasteiger partial charge in [0.15, 0.2) is 0 Å². The van der Waals surface area contributed by atoms with Gasteiger partial charge in [-0.25, -0.2) is 0 Å². The van der Waals surface area contributed by atoms with Gasteiger partial charge in [0.1, 0.15) is 0 Å². The Morgan fingerprint density at radius 1 is 1.42 bits per heavy atom. The van der Waals surface area contributed by atoms with E-state index in [-0.39, 0.29) is 11.9 Å². The number of nitrogens with zero attached hydrogens (tertiary/aromatic N) is 1. The van der Waals surface area contributed by atoms with Crippen molar-refractivity contribution in [3.05, 3.63) is 27.7 Å². The molecule has 1 aromatic rings. The van der Waals surface area contributed by atoms with Crippen molar-refractivity contribution >= 4 is 27.5 Å². The molecule has 0 aromatic heterocycles. The van der Waals surface area contributed by atoms with Gasteiger partial charge in [-0.2, -0.15) is 0 Å². The van der Waals surface area contributed by atoms with Gasteiger partial charge in [0.05, 0.1) is 0 Å². The third-order valence-corrected chi connectivity index (χ3v) is 4.17. The number of nitrogens with two attached hydrogens (primary N) is 1. The van der Waals surface area contributed by atoms with Crippen LogP contribution in [-0.4, -0.2) is 37.0 Å². The number of piperidine rings is 1. The summed E-state index contributed by atoms with van der Waals surface area (Å²) in [6.07, 6.45) is 2.01. The molecule has 1 aromatic carbocycles. The van der Waals surface area contributed by atoms with Gasteiger partial charge in [-0.05, 0) is 57.6 Å². The number of nitrogens with one attached hydrogen (secondary N) is 1. The van der Waals surface area contributed by atoms with E-state index in [1.807, 2.05) is 19.1 Å². The van der Waals surface area contributed by atoms with E-state index in [4.69, 9.17) is 5.73 Å². The number of amides is 1. The highest BCUT2D eigenvalue weighted by molar-refractivity contribution is 9.10. The Balaban J connectivity index is 2.08. The van der Waals surface area contributed by atoms with Gasteiger partial charge >= 0.3 is 0 Å². The predicted molar refractivity (Wildman–Crippen MR) is 81.3 cm³/mol. The van der Waals surface area contributed by atoms with Gasteiger partial charge in [0, 0.05) is 21.8 Å². The lowest BCUT2D eigenvalue weighted by Gasteiger charge is -2.29. The Labute approximate surface area is 122 Å². The van der Waals surface area contributed by atoms with E-state index >= 15 is 0 Å². The molecule has 2 rings (SSSR count). The Morgan fingerprint density at radius 3 is 2.68 bits per heavy atom. The summed E-state index contributed by atoms with van der Waals surface area (Å²) in [7, 11) is 2.11. The van der Waals surface area contributed by atoms with Crippen LogP contribution in [0.25, 0.3) is 0 Å². The second-order valence-electron chi connectivity index (χ2n) is 5.22. The van der Waals surface area contributed by atoms with Crippen molar-refractivity contribution in [3.63, 3.8) is 0 Å². The van der Waals surface area contributed by atoms with Crippen molar-refractivity contribution in [1.29, 1.82) is 0 Å². The molecule has 1 aliphatic rings. The van der Waals surface area contributed by atoms with Crippen molar-refractivity contribution in [1.82, 2.24) is 10.2 Å². The number of halogens is 1. The van der Waals surface area contributed by atoms with Gasteiger partial charge in [0.25, 0.3) is 5.91 Å². The summed E-state index contributed by atoms with van der Waals surface area (Å²) in [6, 6.07) is 3.92. The maximum absolute atomic E-state index is 12.3. The smallest absolute Gasteiger partial charge is 0.251 e.